The van der Waals surface area contributed by atoms with Crippen LogP contribution in [0.1, 0.15) is 24.7 Å². The van der Waals surface area contributed by atoms with Gasteiger partial charge in [-0.05, 0) is 82.5 Å². The SMILES string of the molecule is CCCc1nc2ccc(Br)cc2c(=O)n1N=Cc1cc(Cl)c(OCC(=O)Nc2ccc(Cl)cc2)c(Br)c1. The highest BCUT2D eigenvalue weighted by Crippen LogP contribution is 2.34. The Morgan fingerprint density at radius 2 is 1.89 bits per heavy atom. The van der Waals surface area contributed by atoms with Crippen LogP contribution in [0.4, 0.5) is 5.69 Å². The Balaban J connectivity index is 1.54. The van der Waals surface area contributed by atoms with E-state index in [1.807, 2.05) is 13.0 Å². The zero-order chi connectivity index (χ0) is 26.5. The van der Waals surface area contributed by atoms with Crippen molar-refractivity contribution < 1.29 is 9.53 Å². The fraction of sp³-hybridized carbons (Fsp3) is 0.154. The van der Waals surface area contributed by atoms with Gasteiger partial charge in [0.2, 0.25) is 0 Å². The Labute approximate surface area is 239 Å². The van der Waals surface area contributed by atoms with Crippen molar-refractivity contribution in [3.8, 4) is 5.75 Å². The van der Waals surface area contributed by atoms with E-state index in [1.165, 1.54) is 10.9 Å². The second-order valence-corrected chi connectivity index (χ2v) is 10.6. The molecule has 37 heavy (non-hydrogen) atoms. The van der Waals surface area contributed by atoms with Crippen molar-refractivity contribution >= 4 is 83.8 Å². The minimum Gasteiger partial charge on any atom is -0.481 e. The molecular formula is C26H20Br2Cl2N4O3. The Bertz CT molecular complexity index is 1530. The van der Waals surface area contributed by atoms with Crippen molar-refractivity contribution in [3.05, 3.63) is 95.3 Å². The van der Waals surface area contributed by atoms with Crippen LogP contribution in [-0.4, -0.2) is 28.4 Å². The summed E-state index contributed by atoms with van der Waals surface area (Å²) in [6.45, 7) is 1.76. The highest BCUT2D eigenvalue weighted by atomic mass is 79.9. The summed E-state index contributed by atoms with van der Waals surface area (Å²) in [6.07, 6.45) is 2.92. The minimum absolute atomic E-state index is 0.248. The molecule has 0 spiro atoms. The van der Waals surface area contributed by atoms with E-state index in [0.717, 1.165) is 10.9 Å². The number of aromatic nitrogens is 2. The number of nitrogens with zero attached hydrogens (tertiary/aromatic N) is 3. The van der Waals surface area contributed by atoms with Crippen LogP contribution in [0.15, 0.2) is 73.4 Å². The second-order valence-electron chi connectivity index (χ2n) is 7.96. The quantitative estimate of drug-likeness (QED) is 0.204. The summed E-state index contributed by atoms with van der Waals surface area (Å²) >= 11 is 19.1. The highest BCUT2D eigenvalue weighted by Gasteiger charge is 2.13. The van der Waals surface area contributed by atoms with E-state index in [-0.39, 0.29) is 23.1 Å². The number of hydrogen-bond donors (Lipinski definition) is 1. The molecule has 4 rings (SSSR count). The van der Waals surface area contributed by atoms with E-state index in [4.69, 9.17) is 27.9 Å². The summed E-state index contributed by atoms with van der Waals surface area (Å²) in [6, 6.07) is 15.5. The molecule has 190 valence electrons. The van der Waals surface area contributed by atoms with Crippen molar-refractivity contribution in [1.82, 2.24) is 9.66 Å². The predicted molar refractivity (Wildman–Crippen MR) is 155 cm³/mol. The minimum atomic E-state index is -0.353. The van der Waals surface area contributed by atoms with Crippen molar-refractivity contribution in [3.63, 3.8) is 0 Å². The molecule has 7 nitrogen and oxygen atoms in total. The van der Waals surface area contributed by atoms with Crippen LogP contribution in [0.3, 0.4) is 0 Å². The molecule has 0 bridgehead atoms. The van der Waals surface area contributed by atoms with Gasteiger partial charge in [0, 0.05) is 21.6 Å². The van der Waals surface area contributed by atoms with Gasteiger partial charge >= 0.3 is 0 Å². The van der Waals surface area contributed by atoms with E-state index >= 15 is 0 Å². The number of halogens is 4. The second kappa shape index (κ2) is 12.2. The van der Waals surface area contributed by atoms with Gasteiger partial charge in [-0.15, -0.1) is 0 Å². The van der Waals surface area contributed by atoms with Crippen LogP contribution in [0, 0.1) is 0 Å². The molecular weight excluding hydrogens is 647 g/mol. The maximum Gasteiger partial charge on any atom is 0.282 e. The van der Waals surface area contributed by atoms with Gasteiger partial charge in [-0.3, -0.25) is 9.59 Å². The summed E-state index contributed by atoms with van der Waals surface area (Å²) in [5, 5.41) is 8.46. The van der Waals surface area contributed by atoms with Crippen LogP contribution >= 0.6 is 55.1 Å². The summed E-state index contributed by atoms with van der Waals surface area (Å²) in [4.78, 5) is 30.1. The Morgan fingerprint density at radius 3 is 2.59 bits per heavy atom. The Kier molecular flexibility index (Phi) is 9.02. The molecule has 3 aromatic carbocycles. The molecule has 4 aromatic rings. The summed E-state index contributed by atoms with van der Waals surface area (Å²) in [5.41, 5.74) is 1.58. The number of nitrogens with one attached hydrogen (secondary N) is 1. The molecule has 1 heterocycles. The fourth-order valence-electron chi connectivity index (χ4n) is 3.48. The number of fused-ring (bicyclic) bond motifs is 1. The van der Waals surface area contributed by atoms with Gasteiger partial charge in [0.05, 0.1) is 26.6 Å². The maximum atomic E-state index is 13.2. The van der Waals surface area contributed by atoms with Gasteiger partial charge in [0.25, 0.3) is 11.5 Å². The largest absolute Gasteiger partial charge is 0.481 e. The van der Waals surface area contributed by atoms with Crippen LogP contribution in [0.2, 0.25) is 10.0 Å². The topological polar surface area (TPSA) is 85.6 Å². The van der Waals surface area contributed by atoms with Crippen molar-refractivity contribution in [2.24, 2.45) is 5.10 Å². The third-order valence-electron chi connectivity index (χ3n) is 5.17. The monoisotopic (exact) mass is 664 g/mol. The van der Waals surface area contributed by atoms with E-state index in [0.29, 0.717) is 49.6 Å². The van der Waals surface area contributed by atoms with Gasteiger partial charge in [0.1, 0.15) is 5.82 Å². The summed E-state index contributed by atoms with van der Waals surface area (Å²) < 4.78 is 8.27. The molecule has 11 heteroatoms. The fourth-order valence-corrected chi connectivity index (χ4v) is 4.96. The number of ether oxygens (including phenoxy) is 1. The van der Waals surface area contributed by atoms with E-state index in [2.05, 4.69) is 47.3 Å². The lowest BCUT2D eigenvalue weighted by atomic mass is 10.2. The zero-order valence-electron chi connectivity index (χ0n) is 19.5. The van der Waals surface area contributed by atoms with Gasteiger partial charge in [0.15, 0.2) is 12.4 Å². The first kappa shape index (κ1) is 27.3. The Hall–Kier alpha value is -2.72. The number of amides is 1. The molecule has 1 aromatic heterocycles. The van der Waals surface area contributed by atoms with Crippen LogP contribution in [0.5, 0.6) is 5.75 Å². The molecule has 0 radical (unpaired) electrons. The lowest BCUT2D eigenvalue weighted by Gasteiger charge is -2.12. The molecule has 0 aliphatic carbocycles. The van der Waals surface area contributed by atoms with Crippen LogP contribution in [0.25, 0.3) is 10.9 Å². The van der Waals surface area contributed by atoms with Crippen LogP contribution in [-0.2, 0) is 11.2 Å². The number of aryl methyl sites for hydroxylation is 1. The average Bonchev–Trinajstić information content (AvgIpc) is 2.85. The van der Waals surface area contributed by atoms with E-state index < -0.39 is 0 Å². The molecule has 0 fully saturated rings. The van der Waals surface area contributed by atoms with E-state index in [1.54, 1.807) is 48.5 Å². The highest BCUT2D eigenvalue weighted by molar-refractivity contribution is 9.10. The molecule has 0 saturated carbocycles. The molecule has 0 saturated heterocycles. The van der Waals surface area contributed by atoms with E-state index in [9.17, 15) is 9.59 Å². The standard InChI is InChI=1S/C26H20Br2Cl2N4O3/c1-2-3-23-33-22-9-4-16(27)12-19(22)26(36)34(23)31-13-15-10-20(28)25(21(30)11-15)37-14-24(35)32-18-7-5-17(29)6-8-18/h4-13H,2-3,14H2,1H3,(H,32,35). The van der Waals surface area contributed by atoms with Gasteiger partial charge < -0.3 is 10.1 Å². The lowest BCUT2D eigenvalue weighted by molar-refractivity contribution is -0.118. The van der Waals surface area contributed by atoms with Crippen molar-refractivity contribution in [2.75, 3.05) is 11.9 Å². The first-order valence-corrected chi connectivity index (χ1v) is 13.5. The van der Waals surface area contributed by atoms with Gasteiger partial charge in [-0.25, -0.2) is 4.98 Å². The molecule has 0 unspecified atom stereocenters. The number of hydrogen-bond acceptors (Lipinski definition) is 5. The molecule has 1 amide bonds. The molecule has 1 N–H and O–H groups in total. The number of carbonyl (C=O) groups excluding carboxylic acids is 1. The molecule has 0 aliphatic heterocycles. The Morgan fingerprint density at radius 1 is 1.14 bits per heavy atom. The third kappa shape index (κ3) is 6.78. The zero-order valence-corrected chi connectivity index (χ0v) is 24.2. The smallest absolute Gasteiger partial charge is 0.282 e. The van der Waals surface area contributed by atoms with Crippen molar-refractivity contribution in [1.29, 1.82) is 0 Å². The third-order valence-corrected chi connectivity index (χ3v) is 6.78. The van der Waals surface area contributed by atoms with Gasteiger partial charge in [-0.2, -0.15) is 9.78 Å². The van der Waals surface area contributed by atoms with Gasteiger partial charge in [-0.1, -0.05) is 46.1 Å². The molecule has 0 atom stereocenters. The van der Waals surface area contributed by atoms with Crippen LogP contribution < -0.4 is 15.6 Å². The summed E-state index contributed by atoms with van der Waals surface area (Å²) in [7, 11) is 0. The summed E-state index contributed by atoms with van der Waals surface area (Å²) in [5.74, 6) is 0.524. The maximum absolute atomic E-state index is 13.2. The average molecular weight is 667 g/mol. The first-order chi connectivity index (χ1) is 17.7. The number of anilines is 1. The molecule has 0 aliphatic rings. The first-order valence-electron chi connectivity index (χ1n) is 11.2. The van der Waals surface area contributed by atoms with Crippen molar-refractivity contribution in [2.45, 2.75) is 19.8 Å². The normalized spacial score (nSPS) is 11.3. The predicted octanol–water partition coefficient (Wildman–Crippen LogP) is 7.08. The number of rotatable bonds is 8. The lowest BCUT2D eigenvalue weighted by Crippen LogP contribution is -2.22. The number of benzene rings is 3. The number of carbonyl (C=O) groups is 1.